The molecule has 22 heavy (non-hydrogen) atoms. The average molecular weight is 317 g/mol. The molecule has 1 aromatic carbocycles. The highest BCUT2D eigenvalue weighted by atomic mass is 32.1. The Kier molecular flexibility index (Phi) is 3.83. The SMILES string of the molecule is CC(C)(C)[C@@H](NC(=O)c1ccc2c(c1)OCO2)c1cccs1. The highest BCUT2D eigenvalue weighted by molar-refractivity contribution is 7.10. The van der Waals surface area contributed by atoms with Crippen LogP contribution in [0, 0.1) is 5.41 Å². The molecular weight excluding hydrogens is 298 g/mol. The lowest BCUT2D eigenvalue weighted by molar-refractivity contribution is 0.0903. The van der Waals surface area contributed by atoms with Gasteiger partial charge in [-0.2, -0.15) is 0 Å². The molecule has 2 aromatic rings. The molecule has 1 amide bonds. The van der Waals surface area contributed by atoms with Crippen LogP contribution in [-0.4, -0.2) is 12.7 Å². The molecule has 3 rings (SSSR count). The minimum atomic E-state index is -0.105. The zero-order valence-electron chi connectivity index (χ0n) is 12.9. The smallest absolute Gasteiger partial charge is 0.251 e. The Morgan fingerprint density at radius 3 is 2.68 bits per heavy atom. The van der Waals surface area contributed by atoms with E-state index in [1.165, 1.54) is 0 Å². The van der Waals surface area contributed by atoms with E-state index in [0.717, 1.165) is 4.88 Å². The molecule has 0 saturated carbocycles. The Labute approximate surface area is 134 Å². The number of rotatable bonds is 3. The third-order valence-corrected chi connectivity index (χ3v) is 4.54. The first kappa shape index (κ1) is 14.9. The quantitative estimate of drug-likeness (QED) is 0.931. The van der Waals surface area contributed by atoms with Gasteiger partial charge in [-0.25, -0.2) is 0 Å². The maximum atomic E-state index is 12.6. The number of thiophene rings is 1. The molecule has 2 heterocycles. The number of fused-ring (bicyclic) bond motifs is 1. The zero-order valence-corrected chi connectivity index (χ0v) is 13.7. The van der Waals surface area contributed by atoms with Crippen LogP contribution in [0.15, 0.2) is 35.7 Å². The number of carbonyl (C=O) groups excluding carboxylic acids is 1. The van der Waals surface area contributed by atoms with Gasteiger partial charge < -0.3 is 14.8 Å². The minimum absolute atomic E-state index is 0.0366. The van der Waals surface area contributed by atoms with Crippen molar-refractivity contribution in [2.45, 2.75) is 26.8 Å². The van der Waals surface area contributed by atoms with Crippen LogP contribution >= 0.6 is 11.3 Å². The van der Waals surface area contributed by atoms with Gasteiger partial charge in [-0.05, 0) is 35.1 Å². The van der Waals surface area contributed by atoms with E-state index in [0.29, 0.717) is 17.1 Å². The molecule has 0 fully saturated rings. The van der Waals surface area contributed by atoms with Crippen molar-refractivity contribution in [3.63, 3.8) is 0 Å². The maximum absolute atomic E-state index is 12.6. The molecule has 1 aromatic heterocycles. The zero-order chi connectivity index (χ0) is 15.7. The molecule has 0 bridgehead atoms. The molecule has 116 valence electrons. The van der Waals surface area contributed by atoms with Crippen LogP contribution in [0.5, 0.6) is 11.5 Å². The standard InChI is InChI=1S/C17H19NO3S/c1-17(2,3)15(14-5-4-8-22-14)18-16(19)11-6-7-12-13(9-11)21-10-20-12/h4-9,15H,10H2,1-3H3,(H,18,19)/t15-/m0/s1. The summed E-state index contributed by atoms with van der Waals surface area (Å²) in [6.45, 7) is 6.58. The van der Waals surface area contributed by atoms with Crippen LogP contribution in [-0.2, 0) is 0 Å². The van der Waals surface area contributed by atoms with E-state index in [2.05, 4.69) is 32.2 Å². The van der Waals surface area contributed by atoms with E-state index in [1.807, 2.05) is 11.4 Å². The van der Waals surface area contributed by atoms with Gasteiger partial charge in [0.1, 0.15) is 0 Å². The number of hydrogen-bond acceptors (Lipinski definition) is 4. The van der Waals surface area contributed by atoms with Crippen molar-refractivity contribution in [1.82, 2.24) is 5.32 Å². The van der Waals surface area contributed by atoms with Crippen molar-refractivity contribution in [2.75, 3.05) is 6.79 Å². The lowest BCUT2D eigenvalue weighted by Crippen LogP contribution is -2.36. The predicted molar refractivity (Wildman–Crippen MR) is 86.5 cm³/mol. The summed E-state index contributed by atoms with van der Waals surface area (Å²) in [5.74, 6) is 1.20. The van der Waals surface area contributed by atoms with Gasteiger partial charge in [-0.3, -0.25) is 4.79 Å². The van der Waals surface area contributed by atoms with E-state index in [4.69, 9.17) is 9.47 Å². The number of benzene rings is 1. The number of hydrogen-bond donors (Lipinski definition) is 1. The monoisotopic (exact) mass is 317 g/mol. The van der Waals surface area contributed by atoms with E-state index in [1.54, 1.807) is 29.5 Å². The maximum Gasteiger partial charge on any atom is 0.251 e. The number of amides is 1. The van der Waals surface area contributed by atoms with Crippen molar-refractivity contribution in [2.24, 2.45) is 5.41 Å². The topological polar surface area (TPSA) is 47.6 Å². The summed E-state index contributed by atoms with van der Waals surface area (Å²) < 4.78 is 10.6. The predicted octanol–water partition coefficient (Wildman–Crippen LogP) is 3.99. The van der Waals surface area contributed by atoms with Gasteiger partial charge >= 0.3 is 0 Å². The fraction of sp³-hybridized carbons (Fsp3) is 0.353. The van der Waals surface area contributed by atoms with Gasteiger partial charge in [-0.15, -0.1) is 11.3 Å². The molecule has 0 radical (unpaired) electrons. The van der Waals surface area contributed by atoms with Crippen LogP contribution < -0.4 is 14.8 Å². The Balaban J connectivity index is 1.82. The van der Waals surface area contributed by atoms with Crippen LogP contribution in [0.4, 0.5) is 0 Å². The third kappa shape index (κ3) is 2.95. The second-order valence-electron chi connectivity index (χ2n) is 6.36. The fourth-order valence-corrected chi connectivity index (χ4v) is 3.44. The highest BCUT2D eigenvalue weighted by Gasteiger charge is 2.29. The number of ether oxygens (including phenoxy) is 2. The van der Waals surface area contributed by atoms with Crippen molar-refractivity contribution in [3.05, 3.63) is 46.2 Å². The summed E-state index contributed by atoms with van der Waals surface area (Å²) in [6.07, 6.45) is 0. The third-order valence-electron chi connectivity index (χ3n) is 3.60. The van der Waals surface area contributed by atoms with Gasteiger partial charge in [0.05, 0.1) is 6.04 Å². The van der Waals surface area contributed by atoms with E-state index in [9.17, 15) is 4.79 Å². The number of nitrogens with one attached hydrogen (secondary N) is 1. The molecule has 1 atom stereocenters. The largest absolute Gasteiger partial charge is 0.454 e. The Morgan fingerprint density at radius 1 is 1.23 bits per heavy atom. The minimum Gasteiger partial charge on any atom is -0.454 e. The van der Waals surface area contributed by atoms with Crippen molar-refractivity contribution in [3.8, 4) is 11.5 Å². The van der Waals surface area contributed by atoms with E-state index < -0.39 is 0 Å². The molecule has 4 nitrogen and oxygen atoms in total. The van der Waals surface area contributed by atoms with Crippen LogP contribution in [0.2, 0.25) is 0 Å². The van der Waals surface area contributed by atoms with Crippen LogP contribution in [0.3, 0.4) is 0 Å². The lowest BCUT2D eigenvalue weighted by atomic mass is 9.85. The molecular formula is C17H19NO3S. The number of carbonyl (C=O) groups is 1. The second-order valence-corrected chi connectivity index (χ2v) is 7.34. The summed E-state index contributed by atoms with van der Waals surface area (Å²) in [5, 5.41) is 5.17. The molecule has 1 aliphatic rings. The van der Waals surface area contributed by atoms with Gasteiger partial charge in [0, 0.05) is 10.4 Å². The van der Waals surface area contributed by atoms with Crippen molar-refractivity contribution in [1.29, 1.82) is 0 Å². The second kappa shape index (κ2) is 5.65. The van der Waals surface area contributed by atoms with Gasteiger partial charge in [0.2, 0.25) is 6.79 Å². The normalized spacial score (nSPS) is 14.7. The summed E-state index contributed by atoms with van der Waals surface area (Å²) in [6, 6.07) is 9.29. The molecule has 1 aliphatic heterocycles. The first-order chi connectivity index (χ1) is 10.4. The van der Waals surface area contributed by atoms with Gasteiger partial charge in [0.15, 0.2) is 11.5 Å². The molecule has 1 N–H and O–H groups in total. The first-order valence-electron chi connectivity index (χ1n) is 7.19. The van der Waals surface area contributed by atoms with Crippen molar-refractivity contribution >= 4 is 17.2 Å². The summed E-state index contributed by atoms with van der Waals surface area (Å²) in [5.41, 5.74) is 0.506. The van der Waals surface area contributed by atoms with Crippen molar-refractivity contribution < 1.29 is 14.3 Å². The molecule has 0 saturated heterocycles. The van der Waals surface area contributed by atoms with Gasteiger partial charge in [-0.1, -0.05) is 26.8 Å². The molecule has 0 spiro atoms. The Bertz CT molecular complexity index is 674. The summed E-state index contributed by atoms with van der Waals surface area (Å²) in [7, 11) is 0. The first-order valence-corrected chi connectivity index (χ1v) is 8.07. The van der Waals surface area contributed by atoms with Gasteiger partial charge in [0.25, 0.3) is 5.91 Å². The lowest BCUT2D eigenvalue weighted by Gasteiger charge is -2.30. The van der Waals surface area contributed by atoms with Crippen LogP contribution in [0.1, 0.15) is 42.0 Å². The molecule has 0 aliphatic carbocycles. The van der Waals surface area contributed by atoms with Crippen LogP contribution in [0.25, 0.3) is 0 Å². The molecule has 5 heteroatoms. The van der Waals surface area contributed by atoms with E-state index >= 15 is 0 Å². The van der Waals surface area contributed by atoms with E-state index in [-0.39, 0.29) is 24.2 Å². The summed E-state index contributed by atoms with van der Waals surface area (Å²) in [4.78, 5) is 13.7. The Hall–Kier alpha value is -2.01. The Morgan fingerprint density at radius 2 is 2.00 bits per heavy atom. The molecule has 0 unspecified atom stereocenters. The average Bonchev–Trinajstić information content (AvgIpc) is 3.13. The summed E-state index contributed by atoms with van der Waals surface area (Å²) >= 11 is 1.66. The highest BCUT2D eigenvalue weighted by Crippen LogP contribution is 2.36. The fourth-order valence-electron chi connectivity index (χ4n) is 2.42.